The summed E-state index contributed by atoms with van der Waals surface area (Å²) >= 11 is 0. The molecule has 0 fully saturated rings. The number of halogens is 3. The van der Waals surface area contributed by atoms with Crippen LogP contribution in [-0.2, 0) is 13.0 Å². The zero-order chi connectivity index (χ0) is 24.3. The molecule has 0 saturated carbocycles. The van der Waals surface area contributed by atoms with Gasteiger partial charge >= 0.3 is 11.6 Å². The molecule has 3 N–H and O–H groups in total. The second kappa shape index (κ2) is 7.58. The molecule has 10 heteroatoms. The molecule has 2 aromatic heterocycles. The summed E-state index contributed by atoms with van der Waals surface area (Å²) in [5.74, 6) is -4.08. The van der Waals surface area contributed by atoms with Gasteiger partial charge in [-0.1, -0.05) is 12.1 Å². The van der Waals surface area contributed by atoms with Crippen LogP contribution in [0.5, 0.6) is 0 Å². The van der Waals surface area contributed by atoms with Crippen LogP contribution in [0.15, 0.2) is 35.1 Å². The van der Waals surface area contributed by atoms with Crippen LogP contribution in [0, 0.1) is 12.7 Å². The number of aromatic amines is 1. The fourth-order valence-corrected chi connectivity index (χ4v) is 3.82. The summed E-state index contributed by atoms with van der Waals surface area (Å²) in [6.45, 7) is 5.19. The van der Waals surface area contributed by atoms with Crippen molar-refractivity contribution in [3.8, 4) is 0 Å². The third-order valence-corrected chi connectivity index (χ3v) is 5.79. The van der Waals surface area contributed by atoms with Crippen LogP contribution in [0.1, 0.15) is 43.8 Å². The maximum Gasteiger partial charge on any atom is 0.326 e. The number of hydrogen-bond acceptors (Lipinski definition) is 5. The second-order valence-electron chi connectivity index (χ2n) is 8.70. The number of aryl methyl sites for hydroxylation is 2. The topological polar surface area (TPSA) is 95.8 Å². The van der Waals surface area contributed by atoms with Crippen molar-refractivity contribution in [3.05, 3.63) is 63.6 Å². The molecular formula is C23H24F3N5O2. The smallest absolute Gasteiger partial charge is 0.326 e. The fourth-order valence-electron chi connectivity index (χ4n) is 3.82. The van der Waals surface area contributed by atoms with E-state index in [-0.39, 0.29) is 11.3 Å². The molecule has 0 saturated heterocycles. The van der Waals surface area contributed by atoms with Crippen molar-refractivity contribution in [1.82, 2.24) is 19.5 Å². The molecular weight excluding hydrogens is 435 g/mol. The van der Waals surface area contributed by atoms with Crippen LogP contribution in [0.4, 0.5) is 19.0 Å². The van der Waals surface area contributed by atoms with E-state index in [2.05, 4.69) is 20.3 Å². The van der Waals surface area contributed by atoms with Crippen molar-refractivity contribution in [3.63, 3.8) is 0 Å². The molecule has 4 aromatic rings. The van der Waals surface area contributed by atoms with Crippen molar-refractivity contribution in [2.75, 3.05) is 5.32 Å². The van der Waals surface area contributed by atoms with Crippen LogP contribution in [0.3, 0.4) is 0 Å². The summed E-state index contributed by atoms with van der Waals surface area (Å²) in [7, 11) is 1.64. The van der Waals surface area contributed by atoms with Gasteiger partial charge < -0.3 is 15.4 Å². The lowest BCUT2D eigenvalue weighted by Gasteiger charge is -2.30. The molecule has 33 heavy (non-hydrogen) atoms. The summed E-state index contributed by atoms with van der Waals surface area (Å²) in [4.78, 5) is 23.6. The first kappa shape index (κ1) is 22.8. The second-order valence-corrected chi connectivity index (χ2v) is 8.70. The van der Waals surface area contributed by atoms with E-state index in [1.165, 1.54) is 16.7 Å². The van der Waals surface area contributed by atoms with Gasteiger partial charge in [0.1, 0.15) is 23.1 Å². The molecule has 2 heterocycles. The van der Waals surface area contributed by atoms with E-state index in [4.69, 9.17) is 0 Å². The van der Waals surface area contributed by atoms with Gasteiger partial charge in [-0.2, -0.15) is 8.78 Å². The zero-order valence-electron chi connectivity index (χ0n) is 18.8. The van der Waals surface area contributed by atoms with E-state index in [0.29, 0.717) is 33.6 Å². The first-order chi connectivity index (χ1) is 15.3. The van der Waals surface area contributed by atoms with Gasteiger partial charge in [0.15, 0.2) is 0 Å². The van der Waals surface area contributed by atoms with Gasteiger partial charge in [0.25, 0.3) is 0 Å². The highest BCUT2D eigenvalue weighted by atomic mass is 19.3. The highest BCUT2D eigenvalue weighted by Gasteiger charge is 2.49. The molecule has 7 nitrogen and oxygen atoms in total. The summed E-state index contributed by atoms with van der Waals surface area (Å²) in [5.41, 5.74) is -1.79. The predicted molar refractivity (Wildman–Crippen MR) is 120 cm³/mol. The Morgan fingerprint density at radius 2 is 1.91 bits per heavy atom. The van der Waals surface area contributed by atoms with Crippen LogP contribution < -0.4 is 11.0 Å². The number of aliphatic hydroxyl groups is 1. The quantitative estimate of drug-likeness (QED) is 0.414. The van der Waals surface area contributed by atoms with Crippen LogP contribution in [0.25, 0.3) is 21.9 Å². The number of aromatic nitrogens is 4. The number of fused-ring (bicyclic) bond motifs is 2. The molecule has 4 rings (SSSR count). The third-order valence-electron chi connectivity index (χ3n) is 5.79. The molecule has 1 unspecified atom stereocenters. The molecule has 0 aliphatic carbocycles. The lowest BCUT2D eigenvalue weighted by molar-refractivity contribution is -0.170. The van der Waals surface area contributed by atoms with Crippen molar-refractivity contribution < 1.29 is 18.3 Å². The standard InChI is InChI=1S/C23H24F3N5O2/c1-11(13-7-6-8-15(19(13)24)23(25,26)22(3,4)33)27-20-14-9-17-18(31(5)21(32)30-17)10-16(14)28-12(2)29-20/h6-11,33H,1-5H3,(H,30,32)(H,27,28,29). The number of H-pyrrole nitrogens is 1. The van der Waals surface area contributed by atoms with Gasteiger partial charge in [0, 0.05) is 18.0 Å². The van der Waals surface area contributed by atoms with Crippen LogP contribution in [-0.4, -0.2) is 30.2 Å². The first-order valence-corrected chi connectivity index (χ1v) is 10.3. The number of rotatable bonds is 5. The van der Waals surface area contributed by atoms with Gasteiger partial charge in [0.05, 0.1) is 28.2 Å². The number of nitrogens with one attached hydrogen (secondary N) is 2. The van der Waals surface area contributed by atoms with Gasteiger partial charge in [-0.25, -0.2) is 19.2 Å². The summed E-state index contributed by atoms with van der Waals surface area (Å²) in [5, 5.41) is 13.5. The number of hydrogen-bond donors (Lipinski definition) is 3. The average Bonchev–Trinajstić information content (AvgIpc) is 2.99. The SMILES string of the molecule is Cc1nc(NC(C)c2cccc(C(F)(F)C(C)(C)O)c2F)c2cc3[nH]c(=O)n(C)c3cc2n1. The van der Waals surface area contributed by atoms with E-state index in [1.807, 2.05) is 0 Å². The van der Waals surface area contributed by atoms with Crippen LogP contribution >= 0.6 is 0 Å². The molecule has 0 radical (unpaired) electrons. The number of anilines is 1. The molecule has 0 aliphatic heterocycles. The van der Waals surface area contributed by atoms with E-state index in [9.17, 15) is 18.7 Å². The lowest BCUT2D eigenvalue weighted by atomic mass is 9.91. The molecule has 174 valence electrons. The van der Waals surface area contributed by atoms with E-state index in [1.54, 1.807) is 33.0 Å². The number of imidazole rings is 1. The van der Waals surface area contributed by atoms with Gasteiger partial charge in [-0.3, -0.25) is 4.57 Å². The minimum Gasteiger partial charge on any atom is -0.384 e. The number of benzene rings is 2. The Morgan fingerprint density at radius 1 is 1.21 bits per heavy atom. The molecule has 0 amide bonds. The first-order valence-electron chi connectivity index (χ1n) is 10.3. The Kier molecular flexibility index (Phi) is 5.24. The Balaban J connectivity index is 1.79. The normalized spacial score (nSPS) is 13.6. The van der Waals surface area contributed by atoms with Crippen molar-refractivity contribution >= 4 is 27.8 Å². The minimum absolute atomic E-state index is 0.00460. The highest BCUT2D eigenvalue weighted by Crippen LogP contribution is 2.41. The van der Waals surface area contributed by atoms with Crippen molar-refractivity contribution in [2.45, 2.75) is 45.3 Å². The Labute approximate surface area is 187 Å². The maximum absolute atomic E-state index is 15.2. The average molecular weight is 459 g/mol. The van der Waals surface area contributed by atoms with Gasteiger partial charge in [-0.05, 0) is 45.9 Å². The molecule has 0 bridgehead atoms. The molecule has 2 aromatic carbocycles. The fraction of sp³-hybridized carbons (Fsp3) is 0.348. The van der Waals surface area contributed by atoms with Gasteiger partial charge in [0.2, 0.25) is 0 Å². The summed E-state index contributed by atoms with van der Waals surface area (Å²) < 4.78 is 46.0. The van der Waals surface area contributed by atoms with Crippen LogP contribution in [0.2, 0.25) is 0 Å². The Bertz CT molecular complexity index is 1440. The van der Waals surface area contributed by atoms with Crippen molar-refractivity contribution in [1.29, 1.82) is 0 Å². The van der Waals surface area contributed by atoms with E-state index >= 15 is 4.39 Å². The molecule has 0 spiro atoms. The van der Waals surface area contributed by atoms with E-state index in [0.717, 1.165) is 19.9 Å². The summed E-state index contributed by atoms with van der Waals surface area (Å²) in [6.07, 6.45) is 0. The monoisotopic (exact) mass is 459 g/mol. The summed E-state index contributed by atoms with van der Waals surface area (Å²) in [6, 6.07) is 6.42. The largest absolute Gasteiger partial charge is 0.384 e. The van der Waals surface area contributed by atoms with Crippen molar-refractivity contribution in [2.24, 2.45) is 7.05 Å². The lowest BCUT2D eigenvalue weighted by Crippen LogP contribution is -2.41. The minimum atomic E-state index is -3.80. The Hall–Kier alpha value is -3.40. The van der Waals surface area contributed by atoms with Gasteiger partial charge in [-0.15, -0.1) is 0 Å². The molecule has 0 aliphatic rings. The number of alkyl halides is 2. The highest BCUT2D eigenvalue weighted by molar-refractivity contribution is 5.98. The predicted octanol–water partition coefficient (Wildman–Crippen LogP) is 4.29. The number of nitrogens with zero attached hydrogens (tertiary/aromatic N) is 3. The maximum atomic E-state index is 15.2. The zero-order valence-corrected chi connectivity index (χ0v) is 18.8. The Morgan fingerprint density at radius 3 is 2.58 bits per heavy atom. The third kappa shape index (κ3) is 3.74. The molecule has 1 atom stereocenters. The van der Waals surface area contributed by atoms with E-state index < -0.39 is 28.9 Å².